The topological polar surface area (TPSA) is 66.8 Å². The predicted octanol–water partition coefficient (Wildman–Crippen LogP) is 2.35. The maximum Gasteiger partial charge on any atom is 0.332 e. The van der Waals surface area contributed by atoms with Gasteiger partial charge in [0.2, 0.25) is 0 Å². The van der Waals surface area contributed by atoms with E-state index in [-0.39, 0.29) is 12.5 Å². The van der Waals surface area contributed by atoms with Gasteiger partial charge in [0.1, 0.15) is 0 Å². The van der Waals surface area contributed by atoms with Crippen molar-refractivity contribution in [1.29, 1.82) is 0 Å². The van der Waals surface area contributed by atoms with Crippen LogP contribution in [0.1, 0.15) is 28.8 Å². The minimum absolute atomic E-state index is 0.0202. The van der Waals surface area contributed by atoms with Crippen molar-refractivity contribution < 1.29 is 19.4 Å². The van der Waals surface area contributed by atoms with Gasteiger partial charge in [-0.3, -0.25) is 4.79 Å². The van der Waals surface area contributed by atoms with E-state index in [0.717, 1.165) is 5.56 Å². The summed E-state index contributed by atoms with van der Waals surface area (Å²) in [5.41, 5.74) is -0.0835. The summed E-state index contributed by atoms with van der Waals surface area (Å²) in [7, 11) is 1.44. The third kappa shape index (κ3) is 2.76. The van der Waals surface area contributed by atoms with Crippen molar-refractivity contribution in [1.82, 2.24) is 4.90 Å². The minimum Gasteiger partial charge on any atom is -0.479 e. The molecule has 1 aliphatic heterocycles. The van der Waals surface area contributed by atoms with Gasteiger partial charge in [0.25, 0.3) is 5.91 Å². The molecule has 0 aliphatic carbocycles. The summed E-state index contributed by atoms with van der Waals surface area (Å²) in [6.07, 6.45) is 1.03. The van der Waals surface area contributed by atoms with Crippen molar-refractivity contribution in [3.8, 4) is 0 Å². The lowest BCUT2D eigenvalue weighted by Crippen LogP contribution is -2.56. The number of carbonyl (C=O) groups excluding carboxylic acids is 1. The monoisotopic (exact) mass is 311 g/mol. The molecule has 1 saturated heterocycles. The third-order valence-electron chi connectivity index (χ3n) is 3.95. The summed E-state index contributed by atoms with van der Waals surface area (Å²) in [5.74, 6) is -1.35. The number of aliphatic carboxylic acids is 1. The average molecular weight is 312 g/mol. The van der Waals surface area contributed by atoms with Crippen LogP contribution >= 0.6 is 11.6 Å². The standard InChI is InChI=1S/C15H18ClNO4/c1-10-4-5-11(16)8-12(10)13(18)17-7-3-6-15(17,9-21-2)14(19)20/h4-5,8H,3,6-7,9H2,1-2H3,(H,19,20). The molecule has 1 heterocycles. The first-order valence-electron chi connectivity index (χ1n) is 6.73. The molecule has 6 heteroatoms. The van der Waals surface area contributed by atoms with Crippen LogP contribution in [0.2, 0.25) is 5.02 Å². The molecular weight excluding hydrogens is 294 g/mol. The molecule has 0 saturated carbocycles. The van der Waals surface area contributed by atoms with Crippen LogP contribution in [0.3, 0.4) is 0 Å². The molecule has 0 bridgehead atoms. The number of ether oxygens (including phenoxy) is 1. The molecule has 1 atom stereocenters. The molecule has 1 aliphatic rings. The van der Waals surface area contributed by atoms with Gasteiger partial charge in [-0.1, -0.05) is 17.7 Å². The van der Waals surface area contributed by atoms with Crippen molar-refractivity contribution in [2.45, 2.75) is 25.3 Å². The number of hydrogen-bond donors (Lipinski definition) is 1. The van der Waals surface area contributed by atoms with Crippen LogP contribution in [0, 0.1) is 6.92 Å². The molecule has 1 unspecified atom stereocenters. The molecule has 5 nitrogen and oxygen atoms in total. The minimum atomic E-state index is -1.29. The van der Waals surface area contributed by atoms with E-state index in [1.807, 2.05) is 0 Å². The maximum atomic E-state index is 12.8. The molecular formula is C15H18ClNO4. The summed E-state index contributed by atoms with van der Waals surface area (Å²) >= 11 is 5.95. The van der Waals surface area contributed by atoms with Gasteiger partial charge in [-0.15, -0.1) is 0 Å². The van der Waals surface area contributed by atoms with Gasteiger partial charge in [-0.25, -0.2) is 4.79 Å². The quantitative estimate of drug-likeness (QED) is 0.927. The SMILES string of the molecule is COCC1(C(=O)O)CCCN1C(=O)c1cc(Cl)ccc1C. The molecule has 2 rings (SSSR count). The molecule has 1 aromatic rings. The van der Waals surface area contributed by atoms with Gasteiger partial charge in [-0.2, -0.15) is 0 Å². The van der Waals surface area contributed by atoms with E-state index < -0.39 is 11.5 Å². The number of halogens is 1. The van der Waals surface area contributed by atoms with E-state index in [9.17, 15) is 14.7 Å². The number of amides is 1. The van der Waals surface area contributed by atoms with E-state index in [2.05, 4.69) is 0 Å². The lowest BCUT2D eigenvalue weighted by Gasteiger charge is -2.34. The van der Waals surface area contributed by atoms with E-state index in [1.54, 1.807) is 25.1 Å². The van der Waals surface area contributed by atoms with Crippen LogP contribution in [0.25, 0.3) is 0 Å². The fourth-order valence-electron chi connectivity index (χ4n) is 2.82. The second-order valence-corrected chi connectivity index (χ2v) is 5.73. The number of carbonyl (C=O) groups is 2. The van der Waals surface area contributed by atoms with Crippen LogP contribution in [0.5, 0.6) is 0 Å². The van der Waals surface area contributed by atoms with Crippen molar-refractivity contribution in [3.63, 3.8) is 0 Å². The summed E-state index contributed by atoms with van der Waals surface area (Å²) < 4.78 is 5.06. The summed E-state index contributed by atoms with van der Waals surface area (Å²) in [6, 6.07) is 5.04. The van der Waals surface area contributed by atoms with E-state index >= 15 is 0 Å². The zero-order valence-electron chi connectivity index (χ0n) is 12.1. The van der Waals surface area contributed by atoms with Gasteiger partial charge in [0, 0.05) is 24.2 Å². The average Bonchev–Trinajstić information content (AvgIpc) is 2.86. The Morgan fingerprint density at radius 1 is 1.48 bits per heavy atom. The maximum absolute atomic E-state index is 12.8. The fraction of sp³-hybridized carbons (Fsp3) is 0.467. The number of methoxy groups -OCH3 is 1. The number of carboxylic acid groups (broad SMARTS) is 1. The van der Waals surface area contributed by atoms with Crippen LogP contribution in [0.15, 0.2) is 18.2 Å². The normalized spacial score (nSPS) is 21.6. The smallest absolute Gasteiger partial charge is 0.332 e. The number of carboxylic acids is 1. The molecule has 1 amide bonds. The number of likely N-dealkylation sites (tertiary alicyclic amines) is 1. The highest BCUT2D eigenvalue weighted by molar-refractivity contribution is 6.31. The Labute approximate surface area is 128 Å². The van der Waals surface area contributed by atoms with Gasteiger partial charge in [0.05, 0.1) is 6.61 Å². The van der Waals surface area contributed by atoms with Gasteiger partial charge in [-0.05, 0) is 37.5 Å². The Kier molecular flexibility index (Phi) is 4.54. The summed E-state index contributed by atoms with van der Waals surface area (Å²) in [4.78, 5) is 25.9. The molecule has 1 aromatic carbocycles. The molecule has 0 aromatic heterocycles. The number of nitrogens with zero attached hydrogens (tertiary/aromatic N) is 1. The first-order chi connectivity index (χ1) is 9.92. The van der Waals surface area contributed by atoms with Crippen molar-refractivity contribution in [2.24, 2.45) is 0 Å². The number of aryl methyl sites for hydroxylation is 1. The number of rotatable bonds is 4. The Morgan fingerprint density at radius 2 is 2.19 bits per heavy atom. The second kappa shape index (κ2) is 6.03. The third-order valence-corrected chi connectivity index (χ3v) is 4.18. The lowest BCUT2D eigenvalue weighted by molar-refractivity contribution is -0.151. The van der Waals surface area contributed by atoms with Gasteiger partial charge >= 0.3 is 5.97 Å². The Balaban J connectivity index is 2.41. The van der Waals surface area contributed by atoms with Crippen LogP contribution < -0.4 is 0 Å². The molecule has 1 N–H and O–H groups in total. The first-order valence-corrected chi connectivity index (χ1v) is 7.10. The summed E-state index contributed by atoms with van der Waals surface area (Å²) in [5, 5.41) is 10.0. The highest BCUT2D eigenvalue weighted by atomic mass is 35.5. The zero-order chi connectivity index (χ0) is 15.6. The molecule has 1 fully saturated rings. The summed E-state index contributed by atoms with van der Waals surface area (Å²) in [6.45, 7) is 2.19. The Bertz CT molecular complexity index is 575. The Morgan fingerprint density at radius 3 is 2.81 bits per heavy atom. The highest BCUT2D eigenvalue weighted by Gasteiger charge is 2.50. The molecule has 114 valence electrons. The van der Waals surface area contributed by atoms with E-state index in [4.69, 9.17) is 16.3 Å². The molecule has 0 radical (unpaired) electrons. The second-order valence-electron chi connectivity index (χ2n) is 5.29. The lowest BCUT2D eigenvalue weighted by atomic mass is 9.96. The Hall–Kier alpha value is -1.59. The molecule has 0 spiro atoms. The predicted molar refractivity (Wildman–Crippen MR) is 78.7 cm³/mol. The van der Waals surface area contributed by atoms with Gasteiger partial charge < -0.3 is 14.7 Å². The van der Waals surface area contributed by atoms with Crippen molar-refractivity contribution in [2.75, 3.05) is 20.3 Å². The van der Waals surface area contributed by atoms with Crippen LogP contribution in [-0.2, 0) is 9.53 Å². The van der Waals surface area contributed by atoms with E-state index in [0.29, 0.717) is 30.0 Å². The van der Waals surface area contributed by atoms with Crippen molar-refractivity contribution >= 4 is 23.5 Å². The number of benzene rings is 1. The fourth-order valence-corrected chi connectivity index (χ4v) is 2.99. The van der Waals surface area contributed by atoms with Crippen LogP contribution in [-0.4, -0.2) is 47.7 Å². The first kappa shape index (κ1) is 15.8. The van der Waals surface area contributed by atoms with Gasteiger partial charge in [0.15, 0.2) is 5.54 Å². The zero-order valence-corrected chi connectivity index (χ0v) is 12.8. The number of hydrogen-bond acceptors (Lipinski definition) is 3. The highest BCUT2D eigenvalue weighted by Crippen LogP contribution is 2.32. The van der Waals surface area contributed by atoms with Crippen LogP contribution in [0.4, 0.5) is 0 Å². The largest absolute Gasteiger partial charge is 0.479 e. The van der Waals surface area contributed by atoms with Crippen molar-refractivity contribution in [3.05, 3.63) is 34.3 Å². The molecule has 21 heavy (non-hydrogen) atoms. The van der Waals surface area contributed by atoms with E-state index in [1.165, 1.54) is 12.0 Å².